The lowest BCUT2D eigenvalue weighted by Gasteiger charge is -2.27. The molecule has 6 nitrogen and oxygen atoms in total. The maximum atomic E-state index is 13.5. The van der Waals surface area contributed by atoms with Crippen LogP contribution in [0.5, 0.6) is 0 Å². The number of carbonyl (C=O) groups excluding carboxylic acids is 1. The Morgan fingerprint density at radius 2 is 1.84 bits per heavy atom. The molecule has 0 spiro atoms. The Kier molecular flexibility index (Phi) is 7.45. The maximum absolute atomic E-state index is 13.5. The quantitative estimate of drug-likeness (QED) is 0.633. The summed E-state index contributed by atoms with van der Waals surface area (Å²) in [7, 11) is 0. The monoisotopic (exact) mass is 451 g/mol. The Bertz CT molecular complexity index is 1040. The number of anilines is 1. The first-order valence-corrected chi connectivity index (χ1v) is 11.6. The van der Waals surface area contributed by atoms with Gasteiger partial charge in [0.25, 0.3) is 5.91 Å². The van der Waals surface area contributed by atoms with E-state index in [1.54, 1.807) is 10.9 Å². The Morgan fingerprint density at radius 1 is 1.06 bits per heavy atom. The lowest BCUT2D eigenvalue weighted by Crippen LogP contribution is -2.38. The van der Waals surface area contributed by atoms with Crippen molar-refractivity contribution in [3.63, 3.8) is 0 Å². The zero-order valence-electron chi connectivity index (χ0n) is 18.5. The Balaban J connectivity index is 1.59. The summed E-state index contributed by atoms with van der Waals surface area (Å²) in [5.74, 6) is -0.129. The van der Waals surface area contributed by atoms with Crippen molar-refractivity contribution >= 4 is 23.2 Å². The summed E-state index contributed by atoms with van der Waals surface area (Å²) in [5.41, 5.74) is 3.78. The van der Waals surface area contributed by atoms with Gasteiger partial charge in [-0.15, -0.1) is 0 Å². The summed E-state index contributed by atoms with van der Waals surface area (Å²) < 4.78 is 1.71. The molecule has 168 valence electrons. The number of aryl methyl sites for hydroxylation is 1. The SMILES string of the molecule is CCn1cc(Cl)c(C(=O)N2CCN(Cc3ccccc3)CCCNc3ccccc3C2)n1. The molecule has 4 rings (SSSR count). The van der Waals surface area contributed by atoms with E-state index in [0.29, 0.717) is 30.4 Å². The number of benzene rings is 2. The Morgan fingerprint density at radius 3 is 2.62 bits per heavy atom. The number of halogens is 1. The number of nitrogens with zero attached hydrogens (tertiary/aromatic N) is 4. The third kappa shape index (κ3) is 5.50. The molecule has 1 aromatic heterocycles. The van der Waals surface area contributed by atoms with Crippen molar-refractivity contribution in [2.24, 2.45) is 0 Å². The highest BCUT2D eigenvalue weighted by molar-refractivity contribution is 6.33. The minimum Gasteiger partial charge on any atom is -0.385 e. The van der Waals surface area contributed by atoms with Gasteiger partial charge < -0.3 is 10.2 Å². The molecule has 0 radical (unpaired) electrons. The lowest BCUT2D eigenvalue weighted by atomic mass is 10.1. The van der Waals surface area contributed by atoms with E-state index in [1.165, 1.54) is 5.56 Å². The van der Waals surface area contributed by atoms with Crippen molar-refractivity contribution in [3.8, 4) is 0 Å². The van der Waals surface area contributed by atoms with Crippen LogP contribution in [0.2, 0.25) is 5.02 Å². The fourth-order valence-electron chi connectivity index (χ4n) is 4.04. The van der Waals surface area contributed by atoms with Gasteiger partial charge in [-0.05, 0) is 30.5 Å². The van der Waals surface area contributed by atoms with Crippen molar-refractivity contribution in [1.82, 2.24) is 19.6 Å². The van der Waals surface area contributed by atoms with Crippen LogP contribution in [0.4, 0.5) is 5.69 Å². The van der Waals surface area contributed by atoms with Gasteiger partial charge >= 0.3 is 0 Å². The number of hydrogen-bond acceptors (Lipinski definition) is 4. The van der Waals surface area contributed by atoms with Gasteiger partial charge in [-0.25, -0.2) is 0 Å². The van der Waals surface area contributed by atoms with Gasteiger partial charge in [0.1, 0.15) is 0 Å². The van der Waals surface area contributed by atoms with E-state index in [4.69, 9.17) is 11.6 Å². The summed E-state index contributed by atoms with van der Waals surface area (Å²) in [6.07, 6.45) is 2.75. The normalized spacial score (nSPS) is 15.5. The second-order valence-corrected chi connectivity index (χ2v) is 8.51. The molecule has 0 saturated heterocycles. The van der Waals surface area contributed by atoms with E-state index in [9.17, 15) is 4.79 Å². The molecule has 2 heterocycles. The van der Waals surface area contributed by atoms with Gasteiger partial charge in [-0.1, -0.05) is 60.1 Å². The number of hydrogen-bond donors (Lipinski definition) is 1. The first-order chi connectivity index (χ1) is 15.6. The van der Waals surface area contributed by atoms with Gasteiger partial charge in [0.05, 0.1) is 5.02 Å². The Labute approximate surface area is 194 Å². The molecule has 1 N–H and O–H groups in total. The summed E-state index contributed by atoms with van der Waals surface area (Å²) in [5, 5.41) is 8.39. The molecule has 0 fully saturated rings. The number of para-hydroxylation sites is 1. The number of nitrogens with one attached hydrogen (secondary N) is 1. The van der Waals surface area contributed by atoms with Crippen LogP contribution in [-0.4, -0.2) is 51.7 Å². The number of rotatable bonds is 4. The van der Waals surface area contributed by atoms with Gasteiger partial charge in [0, 0.05) is 57.7 Å². The summed E-state index contributed by atoms with van der Waals surface area (Å²) in [6.45, 7) is 7.26. The van der Waals surface area contributed by atoms with Gasteiger partial charge in [-0.2, -0.15) is 5.10 Å². The van der Waals surface area contributed by atoms with Crippen LogP contribution in [0, 0.1) is 0 Å². The third-order valence-electron chi connectivity index (χ3n) is 5.81. The van der Waals surface area contributed by atoms with E-state index in [-0.39, 0.29) is 5.91 Å². The minimum absolute atomic E-state index is 0.129. The van der Waals surface area contributed by atoms with Crippen LogP contribution >= 0.6 is 11.6 Å². The number of fused-ring (bicyclic) bond motifs is 1. The Hall–Kier alpha value is -2.83. The molecule has 1 aliphatic rings. The molecule has 0 saturated carbocycles. The molecule has 0 aliphatic carbocycles. The molecule has 1 amide bonds. The second-order valence-electron chi connectivity index (χ2n) is 8.11. The lowest BCUT2D eigenvalue weighted by molar-refractivity contribution is 0.0713. The van der Waals surface area contributed by atoms with Crippen molar-refractivity contribution in [3.05, 3.63) is 82.6 Å². The highest BCUT2D eigenvalue weighted by Crippen LogP contribution is 2.22. The molecular weight excluding hydrogens is 422 g/mol. The topological polar surface area (TPSA) is 53.4 Å². The molecule has 3 aromatic rings. The molecule has 0 bridgehead atoms. The van der Waals surface area contributed by atoms with E-state index >= 15 is 0 Å². The van der Waals surface area contributed by atoms with Gasteiger partial charge in [-0.3, -0.25) is 14.4 Å². The zero-order valence-corrected chi connectivity index (χ0v) is 19.3. The molecule has 32 heavy (non-hydrogen) atoms. The van der Waals surface area contributed by atoms with Crippen LogP contribution < -0.4 is 5.32 Å². The predicted molar refractivity (Wildman–Crippen MR) is 129 cm³/mol. The molecule has 2 aromatic carbocycles. The predicted octanol–water partition coefficient (Wildman–Crippen LogP) is 4.52. The molecular formula is C25H30ClN5O. The largest absolute Gasteiger partial charge is 0.385 e. The van der Waals surface area contributed by atoms with Crippen molar-refractivity contribution in [1.29, 1.82) is 0 Å². The van der Waals surface area contributed by atoms with E-state index < -0.39 is 0 Å². The average molecular weight is 452 g/mol. The van der Waals surface area contributed by atoms with Crippen LogP contribution in [-0.2, 0) is 19.6 Å². The number of carbonyl (C=O) groups is 1. The maximum Gasteiger partial charge on any atom is 0.276 e. The highest BCUT2D eigenvalue weighted by atomic mass is 35.5. The van der Waals surface area contributed by atoms with Crippen molar-refractivity contribution < 1.29 is 4.79 Å². The standard InChI is InChI=1S/C25H30ClN5O/c1-2-31-19-22(26)24(28-31)25(32)30-16-15-29(17-20-9-4-3-5-10-20)14-8-13-27-23-12-7-6-11-21(23)18-30/h3-7,9-12,19,27H,2,8,13-18H2,1H3. The van der Waals surface area contributed by atoms with Crippen LogP contribution in [0.15, 0.2) is 60.8 Å². The first kappa shape index (κ1) is 22.4. The summed E-state index contributed by atoms with van der Waals surface area (Å²) in [6, 6.07) is 18.7. The average Bonchev–Trinajstić information content (AvgIpc) is 3.18. The molecule has 0 atom stereocenters. The van der Waals surface area contributed by atoms with Gasteiger partial charge in [0.2, 0.25) is 0 Å². The third-order valence-corrected chi connectivity index (χ3v) is 6.09. The van der Waals surface area contributed by atoms with E-state index in [2.05, 4.69) is 51.7 Å². The molecule has 1 aliphatic heterocycles. The van der Waals surface area contributed by atoms with Crippen LogP contribution in [0.1, 0.15) is 35.0 Å². The minimum atomic E-state index is -0.129. The first-order valence-electron chi connectivity index (χ1n) is 11.2. The molecule has 7 heteroatoms. The number of amides is 1. The smallest absolute Gasteiger partial charge is 0.276 e. The van der Waals surface area contributed by atoms with Crippen LogP contribution in [0.3, 0.4) is 0 Å². The fourth-order valence-corrected chi connectivity index (χ4v) is 4.27. The number of aromatic nitrogens is 2. The highest BCUT2D eigenvalue weighted by Gasteiger charge is 2.24. The van der Waals surface area contributed by atoms with Gasteiger partial charge in [0.15, 0.2) is 5.69 Å². The van der Waals surface area contributed by atoms with E-state index in [1.807, 2.05) is 30.0 Å². The second kappa shape index (κ2) is 10.7. The van der Waals surface area contributed by atoms with Crippen molar-refractivity contribution in [2.75, 3.05) is 31.5 Å². The fraction of sp³-hybridized carbons (Fsp3) is 0.360. The van der Waals surface area contributed by atoms with Crippen LogP contribution in [0.25, 0.3) is 0 Å². The van der Waals surface area contributed by atoms with E-state index in [0.717, 1.165) is 43.9 Å². The summed E-state index contributed by atoms with van der Waals surface area (Å²) >= 11 is 6.38. The summed E-state index contributed by atoms with van der Waals surface area (Å²) in [4.78, 5) is 17.8. The zero-order chi connectivity index (χ0) is 22.3. The molecule has 0 unspecified atom stereocenters. The van der Waals surface area contributed by atoms with Crippen molar-refractivity contribution in [2.45, 2.75) is 33.0 Å².